The number of hydrogen-bond donors (Lipinski definition) is 2. The third-order valence-electron chi connectivity index (χ3n) is 3.39. The molecule has 2 nitrogen and oxygen atoms in total. The van der Waals surface area contributed by atoms with Crippen LogP contribution in [0.3, 0.4) is 0 Å². The van der Waals surface area contributed by atoms with Crippen LogP contribution in [0.5, 0.6) is 5.75 Å². The van der Waals surface area contributed by atoms with Crippen molar-refractivity contribution in [1.29, 1.82) is 0 Å². The van der Waals surface area contributed by atoms with Gasteiger partial charge in [-0.15, -0.1) is 0 Å². The Kier molecular flexibility index (Phi) is 5.13. The predicted octanol–water partition coefficient (Wildman–Crippen LogP) is 3.15. The minimum atomic E-state index is -0.149. The molecule has 0 radical (unpaired) electrons. The van der Waals surface area contributed by atoms with E-state index in [0.29, 0.717) is 12.3 Å². The summed E-state index contributed by atoms with van der Waals surface area (Å²) in [4.78, 5) is 0. The zero-order chi connectivity index (χ0) is 14.4. The van der Waals surface area contributed by atoms with Gasteiger partial charge < -0.3 is 10.4 Å². The zero-order valence-electron chi connectivity index (χ0n) is 11.6. The summed E-state index contributed by atoms with van der Waals surface area (Å²) in [5, 5.41) is 12.7. The van der Waals surface area contributed by atoms with Gasteiger partial charge in [0, 0.05) is 0 Å². The largest absolute Gasteiger partial charge is 0.508 e. The van der Waals surface area contributed by atoms with Gasteiger partial charge in [0.1, 0.15) is 11.6 Å². The van der Waals surface area contributed by atoms with Crippen LogP contribution < -0.4 is 5.32 Å². The molecule has 0 heterocycles. The zero-order valence-corrected chi connectivity index (χ0v) is 11.6. The number of aromatic hydroxyl groups is 1. The van der Waals surface area contributed by atoms with E-state index in [4.69, 9.17) is 0 Å². The van der Waals surface area contributed by atoms with Gasteiger partial charge in [0.15, 0.2) is 0 Å². The highest BCUT2D eigenvalue weighted by Gasteiger charge is 2.12. The van der Waals surface area contributed by atoms with E-state index in [2.05, 4.69) is 5.32 Å². The molecule has 0 aliphatic heterocycles. The molecule has 20 heavy (non-hydrogen) atoms. The van der Waals surface area contributed by atoms with Crippen molar-refractivity contribution in [3.63, 3.8) is 0 Å². The highest BCUT2D eigenvalue weighted by Crippen LogP contribution is 2.19. The lowest BCUT2D eigenvalue weighted by molar-refractivity contribution is 0.466. The lowest BCUT2D eigenvalue weighted by Gasteiger charge is -2.17. The van der Waals surface area contributed by atoms with Crippen molar-refractivity contribution >= 4 is 0 Å². The molecule has 0 aromatic heterocycles. The molecule has 0 aliphatic rings. The van der Waals surface area contributed by atoms with E-state index in [-0.39, 0.29) is 11.6 Å². The number of benzene rings is 2. The van der Waals surface area contributed by atoms with Crippen LogP contribution in [0.25, 0.3) is 0 Å². The second kappa shape index (κ2) is 7.06. The number of phenolic OH excluding ortho intramolecular Hbond substituents is 1. The molecule has 0 amide bonds. The first-order chi connectivity index (χ1) is 9.69. The summed E-state index contributed by atoms with van der Waals surface area (Å²) < 4.78 is 13.7. The molecule has 0 saturated carbocycles. The second-order valence-electron chi connectivity index (χ2n) is 5.09. The fourth-order valence-corrected chi connectivity index (χ4v) is 2.50. The molecule has 1 unspecified atom stereocenters. The van der Waals surface area contributed by atoms with Gasteiger partial charge in [0.05, 0.1) is 0 Å². The molecule has 3 heteroatoms. The highest BCUT2D eigenvalue weighted by molar-refractivity contribution is 5.28. The summed E-state index contributed by atoms with van der Waals surface area (Å²) in [6, 6.07) is 14.2. The van der Waals surface area contributed by atoms with Crippen LogP contribution in [0.4, 0.5) is 4.39 Å². The Morgan fingerprint density at radius 1 is 1.10 bits per heavy atom. The first kappa shape index (κ1) is 14.5. The van der Waals surface area contributed by atoms with Crippen molar-refractivity contribution in [2.45, 2.75) is 12.8 Å². The van der Waals surface area contributed by atoms with Crippen LogP contribution >= 0.6 is 0 Å². The van der Waals surface area contributed by atoms with Crippen LogP contribution in [0.2, 0.25) is 0 Å². The Hall–Kier alpha value is -1.87. The molecular weight excluding hydrogens is 253 g/mol. The summed E-state index contributed by atoms with van der Waals surface area (Å²) in [5.41, 5.74) is 1.81. The number of hydrogen-bond acceptors (Lipinski definition) is 2. The van der Waals surface area contributed by atoms with Crippen LogP contribution in [0, 0.1) is 11.7 Å². The fourth-order valence-electron chi connectivity index (χ4n) is 2.50. The van der Waals surface area contributed by atoms with Gasteiger partial charge in [0.25, 0.3) is 0 Å². The normalized spacial score (nSPS) is 12.3. The van der Waals surface area contributed by atoms with Crippen molar-refractivity contribution < 1.29 is 9.50 Å². The van der Waals surface area contributed by atoms with Crippen molar-refractivity contribution in [3.05, 3.63) is 65.5 Å². The van der Waals surface area contributed by atoms with Crippen LogP contribution in [-0.2, 0) is 12.8 Å². The molecule has 2 aromatic carbocycles. The van der Waals surface area contributed by atoms with Crippen LogP contribution in [0.15, 0.2) is 48.5 Å². The molecule has 0 bridgehead atoms. The molecule has 0 saturated heterocycles. The fraction of sp³-hybridized carbons (Fsp3) is 0.294. The standard InChI is InChI=1S/C17H20FNO/c1-19-12-14(9-13-5-4-7-16(20)11-13)10-15-6-2-3-8-17(15)18/h2-8,11,14,19-20H,9-10,12H2,1H3. The van der Waals surface area contributed by atoms with E-state index in [1.165, 1.54) is 6.07 Å². The summed E-state index contributed by atoms with van der Waals surface area (Å²) in [6.45, 7) is 0.810. The third kappa shape index (κ3) is 4.07. The molecule has 2 rings (SSSR count). The summed E-state index contributed by atoms with van der Waals surface area (Å²) in [6.07, 6.45) is 1.49. The van der Waals surface area contributed by atoms with Crippen LogP contribution in [0.1, 0.15) is 11.1 Å². The Balaban J connectivity index is 2.09. The monoisotopic (exact) mass is 273 g/mol. The smallest absolute Gasteiger partial charge is 0.126 e. The molecule has 2 N–H and O–H groups in total. The van der Waals surface area contributed by atoms with Crippen molar-refractivity contribution in [2.75, 3.05) is 13.6 Å². The maximum Gasteiger partial charge on any atom is 0.126 e. The molecule has 1 atom stereocenters. The molecule has 0 fully saturated rings. The molecule has 106 valence electrons. The summed E-state index contributed by atoms with van der Waals surface area (Å²) in [5.74, 6) is 0.416. The first-order valence-electron chi connectivity index (χ1n) is 6.85. The minimum Gasteiger partial charge on any atom is -0.508 e. The quantitative estimate of drug-likeness (QED) is 0.847. The van der Waals surface area contributed by atoms with Crippen molar-refractivity contribution in [2.24, 2.45) is 5.92 Å². The number of nitrogens with one attached hydrogen (secondary N) is 1. The lowest BCUT2D eigenvalue weighted by Crippen LogP contribution is -2.23. The summed E-state index contributed by atoms with van der Waals surface area (Å²) in [7, 11) is 1.90. The highest BCUT2D eigenvalue weighted by atomic mass is 19.1. The Labute approximate surface area is 119 Å². The van der Waals surface area contributed by atoms with Crippen LogP contribution in [-0.4, -0.2) is 18.7 Å². The van der Waals surface area contributed by atoms with Gasteiger partial charge in [-0.3, -0.25) is 0 Å². The molecule has 0 aliphatic carbocycles. The topological polar surface area (TPSA) is 32.3 Å². The average molecular weight is 273 g/mol. The Bertz CT molecular complexity index is 556. The van der Waals surface area contributed by atoms with Gasteiger partial charge in [-0.25, -0.2) is 4.39 Å². The average Bonchev–Trinajstić information content (AvgIpc) is 2.42. The number of rotatable bonds is 6. The number of halogens is 1. The predicted molar refractivity (Wildman–Crippen MR) is 79.3 cm³/mol. The van der Waals surface area contributed by atoms with Crippen molar-refractivity contribution in [3.8, 4) is 5.75 Å². The molecule has 0 spiro atoms. The van der Waals surface area contributed by atoms with E-state index in [9.17, 15) is 9.50 Å². The SMILES string of the molecule is CNCC(Cc1cccc(O)c1)Cc1ccccc1F. The Morgan fingerprint density at radius 2 is 1.90 bits per heavy atom. The van der Waals surface area contributed by atoms with E-state index >= 15 is 0 Å². The van der Waals surface area contributed by atoms with E-state index < -0.39 is 0 Å². The van der Waals surface area contributed by atoms with E-state index in [1.807, 2.05) is 31.3 Å². The Morgan fingerprint density at radius 3 is 2.60 bits per heavy atom. The van der Waals surface area contributed by atoms with Gasteiger partial charge >= 0.3 is 0 Å². The van der Waals surface area contributed by atoms with Gasteiger partial charge in [-0.2, -0.15) is 0 Å². The number of phenols is 1. The first-order valence-corrected chi connectivity index (χ1v) is 6.85. The van der Waals surface area contributed by atoms with E-state index in [1.54, 1.807) is 18.2 Å². The molecular formula is C17H20FNO. The second-order valence-corrected chi connectivity index (χ2v) is 5.09. The van der Waals surface area contributed by atoms with Gasteiger partial charge in [-0.05, 0) is 61.7 Å². The minimum absolute atomic E-state index is 0.149. The van der Waals surface area contributed by atoms with E-state index in [0.717, 1.165) is 24.1 Å². The third-order valence-corrected chi connectivity index (χ3v) is 3.39. The summed E-state index contributed by atoms with van der Waals surface area (Å²) >= 11 is 0. The molecule has 2 aromatic rings. The maximum absolute atomic E-state index is 13.7. The van der Waals surface area contributed by atoms with Gasteiger partial charge in [-0.1, -0.05) is 30.3 Å². The van der Waals surface area contributed by atoms with Gasteiger partial charge in [0.2, 0.25) is 0 Å². The maximum atomic E-state index is 13.7. The van der Waals surface area contributed by atoms with Crippen molar-refractivity contribution in [1.82, 2.24) is 5.32 Å². The lowest BCUT2D eigenvalue weighted by atomic mass is 9.92.